The van der Waals surface area contributed by atoms with Gasteiger partial charge in [-0.2, -0.15) is 0 Å². The van der Waals surface area contributed by atoms with Crippen molar-refractivity contribution in [1.82, 2.24) is 9.38 Å². The van der Waals surface area contributed by atoms with Crippen LogP contribution in [0.25, 0.3) is 5.52 Å². The highest BCUT2D eigenvalue weighted by molar-refractivity contribution is 6.29. The molecule has 0 radical (unpaired) electrons. The molecular weight excluding hydrogens is 198 g/mol. The van der Waals surface area contributed by atoms with Crippen molar-refractivity contribution in [2.75, 3.05) is 0 Å². The molecule has 1 unspecified atom stereocenters. The van der Waals surface area contributed by atoms with Gasteiger partial charge < -0.3 is 5.73 Å². The summed E-state index contributed by atoms with van der Waals surface area (Å²) in [6, 6.07) is 5.65. The van der Waals surface area contributed by atoms with Gasteiger partial charge in [0.15, 0.2) is 0 Å². The molecule has 74 valence electrons. The number of imidazole rings is 1. The summed E-state index contributed by atoms with van der Waals surface area (Å²) in [6.07, 6.45) is 0. The van der Waals surface area contributed by atoms with Crippen LogP contribution in [0.1, 0.15) is 24.5 Å². The number of halogens is 1. The Hall–Kier alpha value is -1.06. The van der Waals surface area contributed by atoms with Gasteiger partial charge in [0.25, 0.3) is 0 Å². The molecule has 2 aromatic rings. The molecule has 0 fully saturated rings. The Kier molecular flexibility index (Phi) is 2.21. The molecule has 0 aliphatic carbocycles. The third kappa shape index (κ3) is 1.29. The van der Waals surface area contributed by atoms with E-state index in [9.17, 15) is 0 Å². The van der Waals surface area contributed by atoms with Crippen LogP contribution in [0.15, 0.2) is 18.2 Å². The van der Waals surface area contributed by atoms with E-state index in [0.29, 0.717) is 5.15 Å². The van der Waals surface area contributed by atoms with Gasteiger partial charge in [-0.15, -0.1) is 0 Å². The molecule has 0 saturated carbocycles. The number of nitrogens with two attached hydrogens (primary N) is 1. The normalized spacial score (nSPS) is 13.4. The lowest BCUT2D eigenvalue weighted by Crippen LogP contribution is -2.05. The van der Waals surface area contributed by atoms with Crippen LogP contribution < -0.4 is 5.73 Å². The van der Waals surface area contributed by atoms with Crippen LogP contribution in [-0.4, -0.2) is 9.38 Å². The van der Waals surface area contributed by atoms with Crippen LogP contribution in [0.4, 0.5) is 0 Å². The fourth-order valence-electron chi connectivity index (χ4n) is 1.63. The fraction of sp³-hybridized carbons (Fsp3) is 0.300. The number of hydrogen-bond acceptors (Lipinski definition) is 2. The molecule has 0 aliphatic rings. The van der Waals surface area contributed by atoms with E-state index in [1.165, 1.54) is 0 Å². The Bertz CT molecular complexity index is 473. The van der Waals surface area contributed by atoms with Crippen LogP contribution in [0.5, 0.6) is 0 Å². The standard InChI is InChI=1S/C10H12ClN3/c1-6(12)10-8-4-3-5-9(11)14(8)7(2)13-10/h3-6H,12H2,1-2H3. The molecule has 4 heteroatoms. The van der Waals surface area contributed by atoms with Crippen molar-refractivity contribution in [3.05, 3.63) is 34.9 Å². The predicted octanol–water partition coefficient (Wildman–Crippen LogP) is 2.32. The van der Waals surface area contributed by atoms with Crippen LogP contribution in [0.2, 0.25) is 5.15 Å². The predicted molar refractivity (Wildman–Crippen MR) is 57.5 cm³/mol. The van der Waals surface area contributed by atoms with E-state index in [-0.39, 0.29) is 6.04 Å². The van der Waals surface area contributed by atoms with Gasteiger partial charge >= 0.3 is 0 Å². The van der Waals surface area contributed by atoms with E-state index >= 15 is 0 Å². The van der Waals surface area contributed by atoms with Gasteiger partial charge in [-0.1, -0.05) is 17.7 Å². The van der Waals surface area contributed by atoms with Crippen LogP contribution >= 0.6 is 11.6 Å². The van der Waals surface area contributed by atoms with Crippen molar-refractivity contribution in [3.8, 4) is 0 Å². The van der Waals surface area contributed by atoms with Gasteiger partial charge in [-0.05, 0) is 26.0 Å². The molecule has 14 heavy (non-hydrogen) atoms. The molecule has 0 amide bonds. The fourth-order valence-corrected chi connectivity index (χ4v) is 1.91. The second-order valence-electron chi connectivity index (χ2n) is 3.40. The summed E-state index contributed by atoms with van der Waals surface area (Å²) in [6.45, 7) is 3.84. The lowest BCUT2D eigenvalue weighted by Gasteiger charge is -2.02. The average molecular weight is 210 g/mol. The zero-order valence-electron chi connectivity index (χ0n) is 8.16. The highest BCUT2D eigenvalue weighted by Gasteiger charge is 2.12. The summed E-state index contributed by atoms with van der Waals surface area (Å²) in [5.41, 5.74) is 7.71. The number of nitrogens with zero attached hydrogens (tertiary/aromatic N) is 2. The highest BCUT2D eigenvalue weighted by Crippen LogP contribution is 2.21. The number of pyridine rings is 1. The topological polar surface area (TPSA) is 43.3 Å². The summed E-state index contributed by atoms with van der Waals surface area (Å²) in [5, 5.41) is 0.666. The minimum Gasteiger partial charge on any atom is -0.323 e. The summed E-state index contributed by atoms with van der Waals surface area (Å²) in [4.78, 5) is 4.40. The molecule has 2 rings (SSSR count). The Morgan fingerprint density at radius 2 is 2.21 bits per heavy atom. The number of hydrogen-bond donors (Lipinski definition) is 1. The van der Waals surface area contributed by atoms with Gasteiger partial charge in [0.2, 0.25) is 0 Å². The maximum atomic E-state index is 6.06. The van der Waals surface area contributed by atoms with Crippen LogP contribution in [-0.2, 0) is 0 Å². The quantitative estimate of drug-likeness (QED) is 0.733. The summed E-state index contributed by atoms with van der Waals surface area (Å²) < 4.78 is 1.90. The Balaban J connectivity index is 2.84. The third-order valence-electron chi connectivity index (χ3n) is 2.24. The molecule has 0 saturated heterocycles. The summed E-state index contributed by atoms with van der Waals surface area (Å²) >= 11 is 6.06. The van der Waals surface area contributed by atoms with Gasteiger partial charge in [0, 0.05) is 6.04 Å². The second kappa shape index (κ2) is 3.26. The monoisotopic (exact) mass is 209 g/mol. The zero-order valence-corrected chi connectivity index (χ0v) is 8.92. The van der Waals surface area contributed by atoms with Crippen LogP contribution in [0.3, 0.4) is 0 Å². The smallest absolute Gasteiger partial charge is 0.114 e. The second-order valence-corrected chi connectivity index (χ2v) is 3.79. The van der Waals surface area contributed by atoms with Gasteiger partial charge in [0.1, 0.15) is 11.0 Å². The average Bonchev–Trinajstić information content (AvgIpc) is 2.45. The Morgan fingerprint density at radius 3 is 2.86 bits per heavy atom. The van der Waals surface area contributed by atoms with E-state index in [2.05, 4.69) is 4.98 Å². The zero-order chi connectivity index (χ0) is 10.3. The molecule has 2 heterocycles. The molecule has 2 N–H and O–H groups in total. The lowest BCUT2D eigenvalue weighted by molar-refractivity contribution is 0.793. The molecule has 0 spiro atoms. The minimum atomic E-state index is -0.0721. The van der Waals surface area contributed by atoms with Crippen LogP contribution in [0, 0.1) is 6.92 Å². The van der Waals surface area contributed by atoms with Crippen molar-refractivity contribution in [1.29, 1.82) is 0 Å². The largest absolute Gasteiger partial charge is 0.323 e. The lowest BCUT2D eigenvalue weighted by atomic mass is 10.2. The van der Waals surface area contributed by atoms with Crippen molar-refractivity contribution < 1.29 is 0 Å². The first-order valence-electron chi connectivity index (χ1n) is 4.50. The first-order valence-corrected chi connectivity index (χ1v) is 4.88. The molecule has 2 aromatic heterocycles. The molecule has 1 atom stereocenters. The van der Waals surface area contributed by atoms with Crippen molar-refractivity contribution in [2.45, 2.75) is 19.9 Å². The maximum Gasteiger partial charge on any atom is 0.114 e. The summed E-state index contributed by atoms with van der Waals surface area (Å²) in [7, 11) is 0. The van der Waals surface area contributed by atoms with Crippen molar-refractivity contribution >= 4 is 17.1 Å². The Labute approximate surface area is 87.5 Å². The van der Waals surface area contributed by atoms with E-state index in [1.54, 1.807) is 0 Å². The SMILES string of the molecule is Cc1nc(C(C)N)c2cccc(Cl)n12. The van der Waals surface area contributed by atoms with E-state index < -0.39 is 0 Å². The van der Waals surface area contributed by atoms with E-state index in [4.69, 9.17) is 17.3 Å². The molecular formula is C10H12ClN3. The minimum absolute atomic E-state index is 0.0721. The number of aromatic nitrogens is 2. The molecule has 0 bridgehead atoms. The number of fused-ring (bicyclic) bond motifs is 1. The maximum absolute atomic E-state index is 6.06. The first kappa shape index (κ1) is 9.49. The first-order chi connectivity index (χ1) is 6.61. The molecule has 3 nitrogen and oxygen atoms in total. The number of aryl methyl sites for hydroxylation is 1. The Morgan fingerprint density at radius 1 is 1.50 bits per heavy atom. The van der Waals surface area contributed by atoms with Gasteiger partial charge in [0.05, 0.1) is 11.2 Å². The van der Waals surface area contributed by atoms with Crippen molar-refractivity contribution in [2.24, 2.45) is 5.73 Å². The van der Waals surface area contributed by atoms with Gasteiger partial charge in [-0.25, -0.2) is 4.98 Å². The van der Waals surface area contributed by atoms with Gasteiger partial charge in [-0.3, -0.25) is 4.40 Å². The van der Waals surface area contributed by atoms with Crippen molar-refractivity contribution in [3.63, 3.8) is 0 Å². The number of rotatable bonds is 1. The van der Waals surface area contributed by atoms with E-state index in [0.717, 1.165) is 17.0 Å². The molecule has 0 aromatic carbocycles. The molecule has 0 aliphatic heterocycles. The summed E-state index contributed by atoms with van der Waals surface area (Å²) in [5.74, 6) is 0.873. The van der Waals surface area contributed by atoms with E-state index in [1.807, 2.05) is 36.4 Å². The third-order valence-corrected chi connectivity index (χ3v) is 2.54. The highest BCUT2D eigenvalue weighted by atomic mass is 35.5.